The summed E-state index contributed by atoms with van der Waals surface area (Å²) in [6.45, 7) is 4.16. The zero-order chi connectivity index (χ0) is 12.8. The molecule has 2 bridgehead atoms. The summed E-state index contributed by atoms with van der Waals surface area (Å²) in [6, 6.07) is 0. The van der Waals surface area contributed by atoms with Gasteiger partial charge in [-0.25, -0.2) is 0 Å². The van der Waals surface area contributed by atoms with E-state index in [4.69, 9.17) is 4.74 Å². The minimum absolute atomic E-state index is 0.0114. The third-order valence-electron chi connectivity index (χ3n) is 5.12. The van der Waals surface area contributed by atoms with E-state index >= 15 is 0 Å². The molecular weight excluding hydrogens is 458 g/mol. The molecule has 6 heteroatoms. The Morgan fingerprint density at radius 1 is 1.50 bits per heavy atom. The fourth-order valence-electron chi connectivity index (χ4n) is 3.71. The summed E-state index contributed by atoms with van der Waals surface area (Å²) in [6.07, 6.45) is 4.92. The third-order valence-corrected chi connectivity index (χ3v) is 12.3. The van der Waals surface area contributed by atoms with E-state index in [0.717, 1.165) is 12.3 Å². The maximum atomic E-state index is 12.5. The molecule has 2 heterocycles. The zero-order valence-electron chi connectivity index (χ0n) is 10.6. The number of ether oxygens (including phenoxy) is 1. The molecule has 4 fully saturated rings. The fraction of sp³-hybridized carbons (Fsp3) is 0.917. The van der Waals surface area contributed by atoms with Crippen LogP contribution >= 0.6 is 43.0 Å². The van der Waals surface area contributed by atoms with Gasteiger partial charge in [-0.1, -0.05) is 0 Å². The van der Waals surface area contributed by atoms with Crippen LogP contribution in [0.4, 0.5) is 0 Å². The summed E-state index contributed by atoms with van der Waals surface area (Å²) < 4.78 is 12.4. The predicted molar refractivity (Wildman–Crippen MR) is 85.4 cm³/mol. The van der Waals surface area contributed by atoms with Crippen molar-refractivity contribution in [1.82, 2.24) is 7.06 Å². The van der Waals surface area contributed by atoms with E-state index in [1.807, 2.05) is 6.92 Å². The average Bonchev–Trinajstić information content (AvgIpc) is 3.04. The number of carbonyl (C=O) groups excluding carboxylic acids is 1. The van der Waals surface area contributed by atoms with Crippen molar-refractivity contribution in [1.29, 1.82) is 0 Å². The Balaban J connectivity index is 1.50. The number of fused-ring (bicyclic) bond motifs is 3. The number of halogens is 2. The number of esters is 1. The molecule has 2 aliphatic heterocycles. The number of alkyl halides is 2. The summed E-state index contributed by atoms with van der Waals surface area (Å²) in [7, 11) is 0. The number of carbonyl (C=O) groups is 1. The Labute approximate surface area is 129 Å². The van der Waals surface area contributed by atoms with Gasteiger partial charge in [0.2, 0.25) is 0 Å². The van der Waals surface area contributed by atoms with E-state index in [-0.39, 0.29) is 15.2 Å². The van der Waals surface area contributed by atoms with Gasteiger partial charge in [-0.3, -0.25) is 0 Å². The second-order valence-corrected chi connectivity index (χ2v) is 12.9. The van der Waals surface area contributed by atoms with Gasteiger partial charge in [0.05, 0.1) is 0 Å². The molecule has 0 aromatic heterocycles. The Kier molecular flexibility index (Phi) is 2.47. The molecule has 0 spiro atoms. The molecule has 18 heavy (non-hydrogen) atoms. The van der Waals surface area contributed by atoms with Crippen LogP contribution in [-0.2, 0) is 9.53 Å². The third kappa shape index (κ3) is 1.52. The van der Waals surface area contributed by atoms with Crippen molar-refractivity contribution in [2.45, 2.75) is 52.2 Å². The number of hydrogen-bond acceptors (Lipinski definition) is 4. The summed E-state index contributed by atoms with van der Waals surface area (Å²) in [5.41, 5.74) is -0.189. The van der Waals surface area contributed by atoms with Gasteiger partial charge in [0.25, 0.3) is 0 Å². The van der Waals surface area contributed by atoms with Gasteiger partial charge in [0.15, 0.2) is 0 Å². The monoisotopic (exact) mass is 476 g/mol. The maximum absolute atomic E-state index is 12.5. The van der Waals surface area contributed by atoms with Crippen LogP contribution in [0.25, 0.3) is 0 Å². The first-order chi connectivity index (χ1) is 8.37. The van der Waals surface area contributed by atoms with Crippen molar-refractivity contribution in [3.8, 4) is 0 Å². The van der Waals surface area contributed by atoms with Gasteiger partial charge in [0, 0.05) is 0 Å². The fourth-order valence-corrected chi connectivity index (χ4v) is 11.4. The molecule has 2 saturated carbocycles. The molecule has 0 aromatic rings. The summed E-state index contributed by atoms with van der Waals surface area (Å²) >= 11 is 1.18. The van der Waals surface area contributed by atoms with E-state index < -0.39 is 23.8 Å². The van der Waals surface area contributed by atoms with E-state index in [2.05, 4.69) is 36.6 Å². The van der Waals surface area contributed by atoms with E-state index in [0.29, 0.717) is 5.92 Å². The van der Waals surface area contributed by atoms with Crippen molar-refractivity contribution in [3.05, 3.63) is 0 Å². The topological polar surface area (TPSA) is 70.2 Å². The van der Waals surface area contributed by atoms with Crippen LogP contribution in [-0.4, -0.2) is 18.7 Å². The van der Waals surface area contributed by atoms with E-state index in [1.54, 1.807) is 0 Å². The summed E-state index contributed by atoms with van der Waals surface area (Å²) in [4.78, 5) is 12.5. The quantitative estimate of drug-likeness (QED) is 0.164. The molecule has 102 valence electrons. The van der Waals surface area contributed by atoms with Crippen molar-refractivity contribution in [3.63, 3.8) is 0 Å². The minimum atomic E-state index is -1.09. The molecule has 2 aliphatic carbocycles. The molecule has 4 nitrogen and oxygen atoms in total. The van der Waals surface area contributed by atoms with Crippen LogP contribution < -0.4 is 7.06 Å². The van der Waals surface area contributed by atoms with Crippen molar-refractivity contribution in [2.75, 3.05) is 0 Å². The van der Waals surface area contributed by atoms with E-state index in [1.165, 1.54) is 19.3 Å². The number of hydrogen-bond donors (Lipinski definition) is 2. The van der Waals surface area contributed by atoms with Crippen molar-refractivity contribution >= 4 is 48.9 Å². The van der Waals surface area contributed by atoms with Crippen LogP contribution in [0.5, 0.6) is 0 Å². The molecule has 4 unspecified atom stereocenters. The molecule has 4 rings (SSSR count). The summed E-state index contributed by atoms with van der Waals surface area (Å²) in [5, 5.41) is 0. The van der Waals surface area contributed by atoms with Gasteiger partial charge in [-0.15, -0.1) is 0 Å². The van der Waals surface area contributed by atoms with Crippen molar-refractivity contribution < 1.29 is 9.53 Å². The van der Waals surface area contributed by atoms with Gasteiger partial charge >= 0.3 is 130 Å². The Morgan fingerprint density at radius 2 is 2.17 bits per heavy atom. The number of nitrogens with one attached hydrogen (secondary N) is 2. The van der Waals surface area contributed by atoms with Gasteiger partial charge in [-0.2, -0.15) is 0 Å². The van der Waals surface area contributed by atoms with Crippen LogP contribution in [0, 0.1) is 11.8 Å². The van der Waals surface area contributed by atoms with Crippen LogP contribution in [0.1, 0.15) is 39.5 Å². The molecule has 0 amide bonds. The molecule has 2 saturated heterocycles. The van der Waals surface area contributed by atoms with Gasteiger partial charge in [0.1, 0.15) is 0 Å². The first kappa shape index (κ1) is 12.6. The molecule has 4 aliphatic rings. The average molecular weight is 476 g/mol. The molecular formula is C12H18I2N2O2. The first-order valence-electron chi connectivity index (χ1n) is 6.55. The molecule has 4 atom stereocenters. The van der Waals surface area contributed by atoms with Crippen LogP contribution in [0.3, 0.4) is 0 Å². The Hall–Kier alpha value is 0.850. The predicted octanol–water partition coefficient (Wildman–Crippen LogP) is 2.50. The first-order valence-corrected chi connectivity index (χ1v) is 10.9. The second-order valence-electron chi connectivity index (χ2n) is 6.42. The van der Waals surface area contributed by atoms with Crippen molar-refractivity contribution in [2.24, 2.45) is 11.8 Å². The normalized spacial score (nSPS) is 47.4. The summed E-state index contributed by atoms with van der Waals surface area (Å²) in [5.74, 6) is 1.38. The zero-order valence-corrected chi connectivity index (χ0v) is 14.9. The van der Waals surface area contributed by atoms with Crippen LogP contribution in [0.15, 0.2) is 0 Å². The standard InChI is InChI=1S/C12H18I2N2O2/c1-10(6-7-3-4-8(10)5-7)18-9(17)11(2,13)12-14(15-12)16-12/h7-8,15-16H,3-6H2,1-2H3. The molecule has 0 radical (unpaired) electrons. The molecule has 0 aromatic carbocycles. The SMILES string of the molecule is CC1(OC(=O)C(C)(I)C23NI2N3)CC2CCC1C2. The van der Waals surface area contributed by atoms with E-state index in [9.17, 15) is 4.79 Å². The molecule has 2 N–H and O–H groups in total. The van der Waals surface area contributed by atoms with Gasteiger partial charge in [-0.05, 0) is 0 Å². The van der Waals surface area contributed by atoms with Crippen LogP contribution in [0.2, 0.25) is 0 Å². The Bertz CT molecular complexity index is 436. The van der Waals surface area contributed by atoms with Gasteiger partial charge < -0.3 is 0 Å². The number of rotatable bonds is 3. The Morgan fingerprint density at radius 3 is 2.61 bits per heavy atom. The second kappa shape index (κ2) is 3.54.